The second kappa shape index (κ2) is 7.45. The van der Waals surface area contributed by atoms with Crippen molar-refractivity contribution in [2.45, 2.75) is 18.3 Å². The third-order valence-electron chi connectivity index (χ3n) is 5.49. The fourth-order valence-electron chi connectivity index (χ4n) is 3.93. The van der Waals surface area contributed by atoms with E-state index in [1.54, 1.807) is 7.11 Å². The number of ether oxygens (including phenoxy) is 2. The molecule has 1 aliphatic rings. The Bertz CT molecular complexity index is 908. The van der Waals surface area contributed by atoms with Gasteiger partial charge in [0.2, 0.25) is 0 Å². The topological polar surface area (TPSA) is 63.3 Å². The van der Waals surface area contributed by atoms with Crippen molar-refractivity contribution in [2.75, 3.05) is 26.9 Å². The molecule has 5 heteroatoms. The summed E-state index contributed by atoms with van der Waals surface area (Å²) in [6, 6.07) is 17.9. The van der Waals surface area contributed by atoms with E-state index in [0.29, 0.717) is 25.5 Å². The van der Waals surface area contributed by atoms with Crippen LogP contribution >= 0.6 is 0 Å². The van der Waals surface area contributed by atoms with Crippen molar-refractivity contribution in [1.29, 1.82) is 0 Å². The number of benzene rings is 2. The van der Waals surface area contributed by atoms with Crippen LogP contribution in [0, 0.1) is 0 Å². The molecule has 0 bridgehead atoms. The van der Waals surface area contributed by atoms with E-state index in [1.165, 1.54) is 0 Å². The third-order valence-corrected chi connectivity index (χ3v) is 5.49. The van der Waals surface area contributed by atoms with Crippen molar-refractivity contribution in [3.63, 3.8) is 0 Å². The van der Waals surface area contributed by atoms with E-state index in [9.17, 15) is 4.79 Å². The van der Waals surface area contributed by atoms with Gasteiger partial charge in [0.25, 0.3) is 5.91 Å². The fraction of sp³-hybridized carbons (Fsp3) is 0.318. The first-order valence-electron chi connectivity index (χ1n) is 9.29. The van der Waals surface area contributed by atoms with Gasteiger partial charge in [0.1, 0.15) is 11.4 Å². The Kier molecular flexibility index (Phi) is 4.86. The molecule has 1 saturated heterocycles. The molecule has 5 nitrogen and oxygen atoms in total. The van der Waals surface area contributed by atoms with Crippen LogP contribution in [0.4, 0.5) is 0 Å². The molecule has 2 N–H and O–H groups in total. The quantitative estimate of drug-likeness (QED) is 0.726. The minimum Gasteiger partial charge on any atom is -0.496 e. The lowest BCUT2D eigenvalue weighted by Crippen LogP contribution is -2.44. The van der Waals surface area contributed by atoms with Crippen LogP contribution in [0.25, 0.3) is 10.9 Å². The molecule has 1 amide bonds. The number of H-pyrrole nitrogens is 1. The van der Waals surface area contributed by atoms with Crippen LogP contribution < -0.4 is 10.1 Å². The summed E-state index contributed by atoms with van der Waals surface area (Å²) in [6.45, 7) is 1.91. The van der Waals surface area contributed by atoms with Gasteiger partial charge in [0, 0.05) is 41.6 Å². The van der Waals surface area contributed by atoms with Crippen molar-refractivity contribution >= 4 is 16.8 Å². The zero-order valence-electron chi connectivity index (χ0n) is 15.5. The van der Waals surface area contributed by atoms with E-state index in [4.69, 9.17) is 9.47 Å². The van der Waals surface area contributed by atoms with Gasteiger partial charge in [-0.2, -0.15) is 0 Å². The minimum absolute atomic E-state index is 0.0908. The van der Waals surface area contributed by atoms with Crippen LogP contribution in [0.5, 0.6) is 5.75 Å². The van der Waals surface area contributed by atoms with E-state index in [2.05, 4.69) is 16.4 Å². The summed E-state index contributed by atoms with van der Waals surface area (Å²) in [5, 5.41) is 4.17. The number of methoxy groups -OCH3 is 1. The molecule has 1 aromatic heterocycles. The number of hydrogen-bond donors (Lipinski definition) is 2. The second-order valence-corrected chi connectivity index (χ2v) is 7.05. The van der Waals surface area contributed by atoms with Gasteiger partial charge in [0.05, 0.1) is 7.11 Å². The number of para-hydroxylation sites is 2. The zero-order chi connectivity index (χ0) is 18.7. The molecule has 0 atom stereocenters. The maximum atomic E-state index is 12.8. The number of carbonyl (C=O) groups excluding carboxylic acids is 1. The smallest absolute Gasteiger partial charge is 0.267 e. The van der Waals surface area contributed by atoms with Gasteiger partial charge in [-0.15, -0.1) is 0 Å². The van der Waals surface area contributed by atoms with Gasteiger partial charge >= 0.3 is 0 Å². The maximum absolute atomic E-state index is 12.8. The van der Waals surface area contributed by atoms with Crippen molar-refractivity contribution in [3.8, 4) is 5.75 Å². The zero-order valence-corrected chi connectivity index (χ0v) is 15.5. The molecule has 1 fully saturated rings. The average Bonchev–Trinajstić information content (AvgIpc) is 3.17. The van der Waals surface area contributed by atoms with E-state index >= 15 is 0 Å². The van der Waals surface area contributed by atoms with Crippen molar-refractivity contribution in [2.24, 2.45) is 0 Å². The van der Waals surface area contributed by atoms with Crippen LogP contribution in [0.2, 0.25) is 0 Å². The summed E-state index contributed by atoms with van der Waals surface area (Å²) in [5.74, 6) is 0.770. The lowest BCUT2D eigenvalue weighted by Gasteiger charge is -2.38. The van der Waals surface area contributed by atoms with Gasteiger partial charge < -0.3 is 19.8 Å². The molecule has 0 unspecified atom stereocenters. The van der Waals surface area contributed by atoms with Crippen LogP contribution in [0.1, 0.15) is 28.9 Å². The summed E-state index contributed by atoms with van der Waals surface area (Å²) in [7, 11) is 1.69. The minimum atomic E-state index is -0.188. The Balaban J connectivity index is 1.58. The van der Waals surface area contributed by atoms with Crippen molar-refractivity contribution in [3.05, 3.63) is 65.9 Å². The maximum Gasteiger partial charge on any atom is 0.267 e. The van der Waals surface area contributed by atoms with Gasteiger partial charge in [-0.3, -0.25) is 4.79 Å². The summed E-state index contributed by atoms with van der Waals surface area (Å²) in [4.78, 5) is 16.0. The number of carbonyl (C=O) groups is 1. The molecular formula is C22H24N2O3. The Morgan fingerprint density at radius 1 is 1.15 bits per heavy atom. The first-order chi connectivity index (χ1) is 13.2. The first kappa shape index (κ1) is 17.6. The van der Waals surface area contributed by atoms with Crippen LogP contribution in [-0.2, 0) is 10.2 Å². The molecular weight excluding hydrogens is 340 g/mol. The summed E-state index contributed by atoms with van der Waals surface area (Å²) in [6.07, 6.45) is 1.70. The average molecular weight is 364 g/mol. The number of rotatable bonds is 5. The van der Waals surface area contributed by atoms with E-state index < -0.39 is 0 Å². The molecule has 27 heavy (non-hydrogen) atoms. The largest absolute Gasteiger partial charge is 0.496 e. The van der Waals surface area contributed by atoms with Crippen molar-refractivity contribution < 1.29 is 14.3 Å². The second-order valence-electron chi connectivity index (χ2n) is 7.05. The number of aromatic amines is 1. The van der Waals surface area contributed by atoms with Crippen LogP contribution in [-0.4, -0.2) is 37.8 Å². The molecule has 0 radical (unpaired) electrons. The molecule has 140 valence electrons. The Morgan fingerprint density at radius 3 is 2.67 bits per heavy atom. The van der Waals surface area contributed by atoms with E-state index in [-0.39, 0.29) is 11.3 Å². The first-order valence-corrected chi connectivity index (χ1v) is 9.29. The summed E-state index contributed by atoms with van der Waals surface area (Å²) >= 11 is 0. The summed E-state index contributed by atoms with van der Waals surface area (Å²) < 4.78 is 11.2. The molecule has 0 aliphatic carbocycles. The fourth-order valence-corrected chi connectivity index (χ4v) is 3.93. The van der Waals surface area contributed by atoms with Gasteiger partial charge in [-0.25, -0.2) is 0 Å². The Hall–Kier alpha value is -2.79. The monoisotopic (exact) mass is 364 g/mol. The highest BCUT2D eigenvalue weighted by Crippen LogP contribution is 2.39. The lowest BCUT2D eigenvalue weighted by atomic mass is 9.73. The van der Waals surface area contributed by atoms with Crippen LogP contribution in [0.3, 0.4) is 0 Å². The van der Waals surface area contributed by atoms with Gasteiger partial charge in [-0.05, 0) is 31.0 Å². The van der Waals surface area contributed by atoms with E-state index in [1.807, 2.05) is 48.5 Å². The predicted octanol–water partition coefficient (Wildman–Crippen LogP) is 3.65. The van der Waals surface area contributed by atoms with Gasteiger partial charge in [-0.1, -0.05) is 36.4 Å². The van der Waals surface area contributed by atoms with Crippen LogP contribution in [0.15, 0.2) is 54.6 Å². The number of hydrogen-bond acceptors (Lipinski definition) is 3. The number of amides is 1. The van der Waals surface area contributed by atoms with Gasteiger partial charge in [0.15, 0.2) is 0 Å². The third kappa shape index (κ3) is 3.43. The highest BCUT2D eigenvalue weighted by atomic mass is 16.5. The summed E-state index contributed by atoms with van der Waals surface area (Å²) in [5.41, 5.74) is 2.49. The molecule has 3 aromatic rings. The molecule has 0 spiro atoms. The number of fused-ring (bicyclic) bond motifs is 1. The highest BCUT2D eigenvalue weighted by Gasteiger charge is 2.37. The standard InChI is InChI=1S/C22H24N2O3/c1-26-20-9-5-3-7-17(20)22(10-12-27-13-11-22)15-23-21(25)19-14-16-6-2-4-8-18(16)24-19/h2-9,14,24H,10-13,15H2,1H3,(H,23,25). The number of nitrogens with one attached hydrogen (secondary N) is 2. The Labute approximate surface area is 158 Å². The molecule has 4 rings (SSSR count). The highest BCUT2D eigenvalue weighted by molar-refractivity contribution is 5.98. The predicted molar refractivity (Wildman–Crippen MR) is 105 cm³/mol. The molecule has 2 heterocycles. The normalized spacial score (nSPS) is 16.2. The lowest BCUT2D eigenvalue weighted by molar-refractivity contribution is 0.0478. The Morgan fingerprint density at radius 2 is 1.89 bits per heavy atom. The molecule has 0 saturated carbocycles. The van der Waals surface area contributed by atoms with E-state index in [0.717, 1.165) is 35.1 Å². The number of aromatic nitrogens is 1. The molecule has 1 aliphatic heterocycles. The van der Waals surface area contributed by atoms with Crippen molar-refractivity contribution in [1.82, 2.24) is 10.3 Å². The SMILES string of the molecule is COc1ccccc1C1(CNC(=O)c2cc3ccccc3[nH]2)CCOCC1. The molecule has 2 aromatic carbocycles.